The molecule has 5 rings (SSSR count). The average Bonchev–Trinajstić information content (AvgIpc) is 3.08. The Morgan fingerprint density at radius 2 is 2.33 bits per heavy atom. The first kappa shape index (κ1) is 14.2. The van der Waals surface area contributed by atoms with Crippen LogP contribution in [0.1, 0.15) is 30.5 Å². The van der Waals surface area contributed by atoms with E-state index in [2.05, 4.69) is 25.7 Å². The molecule has 0 amide bonds. The molecule has 2 aromatic heterocycles. The van der Waals surface area contributed by atoms with Crippen molar-refractivity contribution in [3.05, 3.63) is 29.9 Å². The van der Waals surface area contributed by atoms with Crippen LogP contribution in [-0.4, -0.2) is 41.3 Å². The highest BCUT2D eigenvalue weighted by Crippen LogP contribution is 2.39. The van der Waals surface area contributed by atoms with Gasteiger partial charge in [0, 0.05) is 43.4 Å². The molecule has 0 radical (unpaired) electrons. The lowest BCUT2D eigenvalue weighted by atomic mass is 9.78. The van der Waals surface area contributed by atoms with Crippen molar-refractivity contribution in [1.82, 2.24) is 20.4 Å². The van der Waals surface area contributed by atoms with Crippen LogP contribution in [0.25, 0.3) is 0 Å². The van der Waals surface area contributed by atoms with Crippen molar-refractivity contribution in [1.29, 1.82) is 0 Å². The molecule has 7 nitrogen and oxygen atoms in total. The van der Waals surface area contributed by atoms with Crippen molar-refractivity contribution >= 4 is 11.6 Å². The standard InChI is InChI=1S/C17H22N6O/c1-2-12(1)5-19-16-20-6-13-8-23(14-7-21-24-9-14)11-17(15(13)22-16)3-4-18-10-17/h6-7,9,12,18H,1-5,8,10-11H2,(H,19,20,22). The average molecular weight is 326 g/mol. The number of hydrogen-bond donors (Lipinski definition) is 2. The number of nitrogens with one attached hydrogen (secondary N) is 2. The van der Waals surface area contributed by atoms with E-state index >= 15 is 0 Å². The van der Waals surface area contributed by atoms with Crippen LogP contribution in [0.4, 0.5) is 11.6 Å². The fourth-order valence-corrected chi connectivity index (χ4v) is 3.95. The zero-order chi connectivity index (χ0) is 16.0. The first-order chi connectivity index (χ1) is 11.8. The van der Waals surface area contributed by atoms with Gasteiger partial charge in [-0.1, -0.05) is 5.16 Å². The molecule has 2 N–H and O–H groups in total. The molecule has 0 aromatic carbocycles. The van der Waals surface area contributed by atoms with Crippen molar-refractivity contribution in [2.45, 2.75) is 31.2 Å². The van der Waals surface area contributed by atoms with Crippen LogP contribution >= 0.6 is 0 Å². The lowest BCUT2D eigenvalue weighted by Crippen LogP contribution is -2.48. The van der Waals surface area contributed by atoms with Crippen LogP contribution in [0, 0.1) is 5.92 Å². The summed E-state index contributed by atoms with van der Waals surface area (Å²) in [6, 6.07) is 0. The summed E-state index contributed by atoms with van der Waals surface area (Å²) in [4.78, 5) is 11.8. The largest absolute Gasteiger partial charge is 0.363 e. The van der Waals surface area contributed by atoms with Crippen molar-refractivity contribution < 1.29 is 4.52 Å². The molecule has 1 atom stereocenters. The molecular weight excluding hydrogens is 304 g/mol. The zero-order valence-corrected chi connectivity index (χ0v) is 13.7. The minimum absolute atomic E-state index is 0.0454. The molecule has 0 bridgehead atoms. The summed E-state index contributed by atoms with van der Waals surface area (Å²) in [5, 5.41) is 10.8. The van der Waals surface area contributed by atoms with Crippen LogP contribution in [0.3, 0.4) is 0 Å². The summed E-state index contributed by atoms with van der Waals surface area (Å²) in [5.74, 6) is 1.60. The summed E-state index contributed by atoms with van der Waals surface area (Å²) in [6.07, 6.45) is 9.26. The maximum Gasteiger partial charge on any atom is 0.222 e. The van der Waals surface area contributed by atoms with E-state index in [9.17, 15) is 0 Å². The third-order valence-electron chi connectivity index (χ3n) is 5.50. The van der Waals surface area contributed by atoms with Gasteiger partial charge in [0.25, 0.3) is 0 Å². The predicted octanol–water partition coefficient (Wildman–Crippen LogP) is 1.54. The van der Waals surface area contributed by atoms with Gasteiger partial charge in [-0.25, -0.2) is 9.97 Å². The second kappa shape index (κ2) is 5.44. The number of nitrogens with zero attached hydrogens (tertiary/aromatic N) is 4. The molecule has 4 heterocycles. The Balaban J connectivity index is 1.48. The molecule has 1 saturated heterocycles. The van der Waals surface area contributed by atoms with Crippen molar-refractivity contribution in [2.75, 3.05) is 36.4 Å². The van der Waals surface area contributed by atoms with E-state index in [0.29, 0.717) is 0 Å². The second-order valence-electron chi connectivity index (χ2n) is 7.34. The highest BCUT2D eigenvalue weighted by Gasteiger charge is 2.44. The molecule has 126 valence electrons. The SMILES string of the molecule is c1nocc1N1Cc2cnc(NCC3CC3)nc2C2(CCNC2)C1. The third kappa shape index (κ3) is 2.43. The van der Waals surface area contributed by atoms with Gasteiger partial charge >= 0.3 is 0 Å². The topological polar surface area (TPSA) is 79.1 Å². The van der Waals surface area contributed by atoms with Crippen molar-refractivity contribution in [3.63, 3.8) is 0 Å². The Bertz CT molecular complexity index is 721. The third-order valence-corrected chi connectivity index (χ3v) is 5.50. The van der Waals surface area contributed by atoms with Crippen LogP contribution in [0.2, 0.25) is 0 Å². The minimum atomic E-state index is 0.0454. The Kier molecular flexibility index (Phi) is 3.22. The quantitative estimate of drug-likeness (QED) is 0.882. The van der Waals surface area contributed by atoms with Gasteiger partial charge in [0.05, 0.1) is 17.6 Å². The molecule has 1 saturated carbocycles. The van der Waals surface area contributed by atoms with E-state index in [1.54, 1.807) is 12.5 Å². The number of rotatable bonds is 4. The highest BCUT2D eigenvalue weighted by atomic mass is 16.5. The summed E-state index contributed by atoms with van der Waals surface area (Å²) in [5.41, 5.74) is 3.50. The van der Waals surface area contributed by atoms with Gasteiger partial charge in [-0.2, -0.15) is 0 Å². The highest BCUT2D eigenvalue weighted by molar-refractivity contribution is 5.49. The molecule has 1 unspecified atom stereocenters. The maximum atomic E-state index is 5.04. The lowest BCUT2D eigenvalue weighted by molar-refractivity contribution is 0.411. The molecule has 7 heteroatoms. The number of fused-ring (bicyclic) bond motifs is 2. The van der Waals surface area contributed by atoms with Gasteiger partial charge in [0.1, 0.15) is 6.26 Å². The van der Waals surface area contributed by atoms with Crippen LogP contribution < -0.4 is 15.5 Å². The van der Waals surface area contributed by atoms with E-state index in [1.165, 1.54) is 24.1 Å². The minimum Gasteiger partial charge on any atom is -0.363 e. The summed E-state index contributed by atoms with van der Waals surface area (Å²) >= 11 is 0. The Hall–Kier alpha value is -2.15. The molecular formula is C17H22N6O. The number of aromatic nitrogens is 3. The Labute approximate surface area is 140 Å². The van der Waals surface area contributed by atoms with Gasteiger partial charge in [-0.15, -0.1) is 0 Å². The van der Waals surface area contributed by atoms with Gasteiger partial charge in [-0.05, 0) is 31.7 Å². The molecule has 1 aliphatic carbocycles. The fourth-order valence-electron chi connectivity index (χ4n) is 3.95. The monoisotopic (exact) mass is 326 g/mol. The maximum absolute atomic E-state index is 5.04. The Morgan fingerprint density at radius 1 is 1.38 bits per heavy atom. The molecule has 2 aromatic rings. The van der Waals surface area contributed by atoms with E-state index in [1.807, 2.05) is 6.20 Å². The van der Waals surface area contributed by atoms with Gasteiger partial charge < -0.3 is 20.1 Å². The Morgan fingerprint density at radius 3 is 3.08 bits per heavy atom. The van der Waals surface area contributed by atoms with E-state index < -0.39 is 0 Å². The molecule has 2 aliphatic heterocycles. The molecule has 2 fully saturated rings. The normalized spacial score (nSPS) is 25.9. The summed E-state index contributed by atoms with van der Waals surface area (Å²) in [6.45, 7) is 4.73. The predicted molar refractivity (Wildman–Crippen MR) is 90.0 cm³/mol. The van der Waals surface area contributed by atoms with E-state index in [4.69, 9.17) is 9.51 Å². The molecule has 1 spiro atoms. The number of anilines is 2. The van der Waals surface area contributed by atoms with Gasteiger partial charge in [0.2, 0.25) is 5.95 Å². The number of hydrogen-bond acceptors (Lipinski definition) is 7. The van der Waals surface area contributed by atoms with Crippen LogP contribution in [-0.2, 0) is 12.0 Å². The first-order valence-electron chi connectivity index (χ1n) is 8.78. The van der Waals surface area contributed by atoms with Crippen LogP contribution in [0.15, 0.2) is 23.2 Å². The molecule has 24 heavy (non-hydrogen) atoms. The smallest absolute Gasteiger partial charge is 0.222 e. The molecule has 3 aliphatic rings. The van der Waals surface area contributed by atoms with E-state index in [-0.39, 0.29) is 5.41 Å². The summed E-state index contributed by atoms with van der Waals surface area (Å²) < 4.78 is 5.04. The van der Waals surface area contributed by atoms with Gasteiger partial charge in [0.15, 0.2) is 0 Å². The zero-order valence-electron chi connectivity index (χ0n) is 13.7. The first-order valence-corrected chi connectivity index (χ1v) is 8.78. The lowest BCUT2D eigenvalue weighted by Gasteiger charge is -2.41. The van der Waals surface area contributed by atoms with E-state index in [0.717, 1.165) is 56.7 Å². The van der Waals surface area contributed by atoms with Crippen molar-refractivity contribution in [2.24, 2.45) is 5.92 Å². The van der Waals surface area contributed by atoms with Gasteiger partial charge in [-0.3, -0.25) is 0 Å². The van der Waals surface area contributed by atoms with Crippen molar-refractivity contribution in [3.8, 4) is 0 Å². The summed E-state index contributed by atoms with van der Waals surface area (Å²) in [7, 11) is 0. The second-order valence-corrected chi connectivity index (χ2v) is 7.34. The van der Waals surface area contributed by atoms with Crippen LogP contribution in [0.5, 0.6) is 0 Å². The fraction of sp³-hybridized carbons (Fsp3) is 0.588.